The Kier molecular flexibility index (Phi) is 10.9. The van der Waals surface area contributed by atoms with E-state index in [-0.39, 0.29) is 29.6 Å². The molecule has 8 N–H and O–H groups in total. The van der Waals surface area contributed by atoms with Gasteiger partial charge in [-0.2, -0.15) is 13.2 Å². The highest BCUT2D eigenvalue weighted by molar-refractivity contribution is 7.92. The molecule has 0 saturated heterocycles. The molecule has 0 aliphatic heterocycles. The molecule has 0 saturated carbocycles. The number of nitrogens with zero attached hydrogens (tertiary/aromatic N) is 2. The maximum atomic E-state index is 13.1. The molecule has 1 unspecified atom stereocenters. The molecule has 0 bridgehead atoms. The maximum Gasteiger partial charge on any atom is 0.490 e. The second-order valence-corrected chi connectivity index (χ2v) is 9.88. The Morgan fingerprint density at radius 1 is 1.10 bits per heavy atom. The lowest BCUT2D eigenvalue weighted by Crippen LogP contribution is -2.37. The first-order valence-electron chi connectivity index (χ1n) is 10.9. The molecule has 2 rings (SSSR count). The quantitative estimate of drug-likeness (QED) is 0.124. The predicted molar refractivity (Wildman–Crippen MR) is 135 cm³/mol. The lowest BCUT2D eigenvalue weighted by atomic mass is 10.1. The maximum absolute atomic E-state index is 13.1. The van der Waals surface area contributed by atoms with Crippen LogP contribution in [0, 0.1) is 27.7 Å². The van der Waals surface area contributed by atoms with Crippen molar-refractivity contribution in [3.05, 3.63) is 57.0 Å². The Morgan fingerprint density at radius 2 is 1.62 bits per heavy atom. The highest BCUT2D eigenvalue weighted by Gasteiger charge is 2.38. The number of rotatable bonds is 9. The van der Waals surface area contributed by atoms with E-state index in [9.17, 15) is 31.2 Å². The number of hydrogen-bond donors (Lipinski definition) is 5. The number of carbonyl (C=O) groups is 2. The van der Waals surface area contributed by atoms with E-state index in [0.29, 0.717) is 16.8 Å². The molecule has 1 heterocycles. The van der Waals surface area contributed by atoms with Crippen molar-refractivity contribution < 1.29 is 41.1 Å². The van der Waals surface area contributed by atoms with Crippen LogP contribution in [-0.4, -0.2) is 48.7 Å². The number of carboxylic acid groups (broad SMARTS) is 1. The molecular formula is C22H29F3N6O7S. The monoisotopic (exact) mass is 578 g/mol. The van der Waals surface area contributed by atoms with Gasteiger partial charge in [-0.1, -0.05) is 17.7 Å². The third-order valence-electron chi connectivity index (χ3n) is 4.97. The molecule has 0 aliphatic carbocycles. The van der Waals surface area contributed by atoms with Crippen LogP contribution in [0.1, 0.15) is 34.8 Å². The fraction of sp³-hybridized carbons (Fsp3) is 0.364. The van der Waals surface area contributed by atoms with E-state index in [2.05, 4.69) is 9.88 Å². The van der Waals surface area contributed by atoms with Crippen LogP contribution in [0.15, 0.2) is 39.1 Å². The minimum Gasteiger partial charge on any atom is -0.475 e. The highest BCUT2D eigenvalue weighted by atomic mass is 32.2. The molecule has 0 spiro atoms. The van der Waals surface area contributed by atoms with Gasteiger partial charge in [-0.25, -0.2) is 13.2 Å². The molecule has 0 aliphatic rings. The van der Waals surface area contributed by atoms with Crippen LogP contribution in [0.2, 0.25) is 0 Å². The molecule has 1 aromatic carbocycles. The summed E-state index contributed by atoms with van der Waals surface area (Å²) in [4.78, 5) is 39.1. The van der Waals surface area contributed by atoms with Crippen molar-refractivity contribution in [1.29, 1.82) is 0 Å². The average Bonchev–Trinajstić information content (AvgIpc) is 2.75. The van der Waals surface area contributed by atoms with Gasteiger partial charge in [0.1, 0.15) is 18.3 Å². The SMILES string of the molecule is Cc1cc(C)c(S(=O)(=O)Nc2ccc(C)n(C(CCON=C(N)N)C(N)=O)c2=O)c(C)c1.O=C(O)C(F)(F)F. The molecule has 0 radical (unpaired) electrons. The third kappa shape index (κ3) is 9.20. The number of pyridine rings is 1. The van der Waals surface area contributed by atoms with E-state index < -0.39 is 39.7 Å². The Bertz CT molecular complexity index is 1400. The first-order chi connectivity index (χ1) is 17.8. The van der Waals surface area contributed by atoms with Crippen LogP contribution in [0.3, 0.4) is 0 Å². The van der Waals surface area contributed by atoms with Crippen LogP contribution in [-0.2, 0) is 24.4 Å². The molecule has 1 aromatic heterocycles. The van der Waals surface area contributed by atoms with Crippen molar-refractivity contribution in [2.45, 2.75) is 51.2 Å². The molecule has 13 nitrogen and oxygen atoms in total. The standard InChI is InChI=1S/C20H28N6O5S.C2HF3O2/c1-11-9-12(2)17(13(3)10-11)32(29,30)25-15-6-5-14(4)26(19(15)28)16(18(21)27)7-8-31-24-20(22)23;3-2(4,5)1(6)7/h5-6,9-10,16,25H,7-8H2,1-4H3,(H2,21,27)(H4,22,23,24);(H,6,7). The van der Waals surface area contributed by atoms with Crippen molar-refractivity contribution >= 4 is 33.5 Å². The summed E-state index contributed by atoms with van der Waals surface area (Å²) in [6.45, 7) is 6.72. The number of primary amides is 1. The molecule has 17 heteroatoms. The number of guanidine groups is 1. The number of halogens is 3. The summed E-state index contributed by atoms with van der Waals surface area (Å²) in [7, 11) is -4.07. The van der Waals surface area contributed by atoms with Gasteiger partial charge >= 0.3 is 12.1 Å². The summed E-state index contributed by atoms with van der Waals surface area (Å²) in [6, 6.07) is 5.24. The minimum absolute atomic E-state index is 0.0146. The number of amides is 1. The van der Waals surface area contributed by atoms with E-state index in [1.165, 1.54) is 12.1 Å². The van der Waals surface area contributed by atoms with Crippen molar-refractivity contribution in [3.63, 3.8) is 0 Å². The number of anilines is 1. The van der Waals surface area contributed by atoms with E-state index >= 15 is 0 Å². The molecule has 0 fully saturated rings. The van der Waals surface area contributed by atoms with E-state index in [1.54, 1.807) is 32.9 Å². The van der Waals surface area contributed by atoms with Crippen LogP contribution in [0.5, 0.6) is 0 Å². The first kappa shape index (κ1) is 32.7. The van der Waals surface area contributed by atoms with Crippen molar-refractivity contribution in [3.8, 4) is 0 Å². The zero-order chi connectivity index (χ0) is 30.3. The summed E-state index contributed by atoms with van der Waals surface area (Å²) in [6.07, 6.45) is -5.10. The number of benzene rings is 1. The Labute approximate surface area is 221 Å². The fourth-order valence-corrected chi connectivity index (χ4v) is 5.09. The number of sulfonamides is 1. The summed E-state index contributed by atoms with van der Waals surface area (Å²) in [5.41, 5.74) is 17.3. The van der Waals surface area contributed by atoms with Gasteiger partial charge < -0.3 is 27.1 Å². The van der Waals surface area contributed by atoms with Gasteiger partial charge in [-0.3, -0.25) is 18.9 Å². The number of alkyl halides is 3. The first-order valence-corrected chi connectivity index (χ1v) is 12.4. The summed E-state index contributed by atoms with van der Waals surface area (Å²) in [5, 5.41) is 10.5. The van der Waals surface area contributed by atoms with Crippen LogP contribution < -0.4 is 27.5 Å². The lowest BCUT2D eigenvalue weighted by molar-refractivity contribution is -0.192. The van der Waals surface area contributed by atoms with Crippen molar-refractivity contribution in [2.24, 2.45) is 22.4 Å². The van der Waals surface area contributed by atoms with E-state index in [4.69, 9.17) is 31.9 Å². The number of aliphatic carboxylic acids is 1. The highest BCUT2D eigenvalue weighted by Crippen LogP contribution is 2.24. The fourth-order valence-electron chi connectivity index (χ4n) is 3.58. The van der Waals surface area contributed by atoms with Crippen LogP contribution in [0.25, 0.3) is 0 Å². The average molecular weight is 579 g/mol. The molecule has 216 valence electrons. The van der Waals surface area contributed by atoms with Gasteiger partial charge in [0.25, 0.3) is 15.6 Å². The molecule has 1 atom stereocenters. The van der Waals surface area contributed by atoms with Gasteiger partial charge in [0.15, 0.2) is 0 Å². The summed E-state index contributed by atoms with van der Waals surface area (Å²) < 4.78 is 61.3. The van der Waals surface area contributed by atoms with Crippen molar-refractivity contribution in [1.82, 2.24) is 4.57 Å². The number of aryl methyl sites for hydroxylation is 4. The van der Waals surface area contributed by atoms with Gasteiger partial charge in [-0.15, -0.1) is 0 Å². The molecular weight excluding hydrogens is 549 g/mol. The number of oxime groups is 1. The third-order valence-corrected chi connectivity index (χ3v) is 6.64. The Hall–Kier alpha value is -4.28. The lowest BCUT2D eigenvalue weighted by Gasteiger charge is -2.20. The number of aromatic nitrogens is 1. The van der Waals surface area contributed by atoms with Crippen molar-refractivity contribution in [2.75, 3.05) is 11.3 Å². The Balaban J connectivity index is 0.000000956. The molecule has 39 heavy (non-hydrogen) atoms. The zero-order valence-electron chi connectivity index (χ0n) is 21.4. The number of hydrogen-bond acceptors (Lipinski definition) is 7. The number of carbonyl (C=O) groups excluding carboxylic acids is 1. The second-order valence-electron chi connectivity index (χ2n) is 8.26. The number of nitrogens with two attached hydrogens (primary N) is 3. The number of carboxylic acids is 1. The topological polar surface area (TPSA) is 222 Å². The largest absolute Gasteiger partial charge is 0.490 e. The van der Waals surface area contributed by atoms with Crippen LogP contribution in [0.4, 0.5) is 18.9 Å². The number of nitrogens with one attached hydrogen (secondary N) is 1. The second kappa shape index (κ2) is 13.0. The minimum atomic E-state index is -5.08. The zero-order valence-corrected chi connectivity index (χ0v) is 22.2. The van der Waals surface area contributed by atoms with E-state index in [0.717, 1.165) is 10.1 Å². The smallest absolute Gasteiger partial charge is 0.475 e. The van der Waals surface area contributed by atoms with Crippen LogP contribution >= 0.6 is 0 Å². The summed E-state index contributed by atoms with van der Waals surface area (Å²) >= 11 is 0. The van der Waals surface area contributed by atoms with E-state index in [1.807, 2.05) is 6.92 Å². The Morgan fingerprint density at radius 3 is 2.05 bits per heavy atom. The molecule has 2 aromatic rings. The van der Waals surface area contributed by atoms with Gasteiger partial charge in [-0.05, 0) is 56.1 Å². The normalized spacial score (nSPS) is 12.0. The predicted octanol–water partition coefficient (Wildman–Crippen LogP) is 1.14. The summed E-state index contributed by atoms with van der Waals surface area (Å²) in [5.74, 6) is -3.85. The van der Waals surface area contributed by atoms with Gasteiger partial charge in [0.05, 0.1) is 4.90 Å². The molecule has 1 amide bonds. The van der Waals surface area contributed by atoms with Gasteiger partial charge in [0.2, 0.25) is 11.9 Å². The van der Waals surface area contributed by atoms with Gasteiger partial charge in [0, 0.05) is 12.1 Å².